The maximum atomic E-state index is 5.86. The van der Waals surface area contributed by atoms with Crippen LogP contribution in [0.1, 0.15) is 0 Å². The van der Waals surface area contributed by atoms with Gasteiger partial charge in [-0.15, -0.1) is 0 Å². The Morgan fingerprint density at radius 3 is 2.92 bits per heavy atom. The average Bonchev–Trinajstić information content (AvgIpc) is 2.17. The first-order chi connectivity index (χ1) is 6.31. The summed E-state index contributed by atoms with van der Waals surface area (Å²) in [5.41, 5.74) is 0. The maximum absolute atomic E-state index is 5.86. The van der Waals surface area contributed by atoms with E-state index in [4.69, 9.17) is 16.3 Å². The van der Waals surface area contributed by atoms with Gasteiger partial charge in [-0.3, -0.25) is 0 Å². The van der Waals surface area contributed by atoms with Crippen molar-refractivity contribution in [3.8, 4) is 5.88 Å². The first-order valence-corrected chi connectivity index (χ1v) is 4.27. The van der Waals surface area contributed by atoms with Crippen LogP contribution in [-0.2, 0) is 0 Å². The van der Waals surface area contributed by atoms with Crippen molar-refractivity contribution < 1.29 is 4.74 Å². The van der Waals surface area contributed by atoms with Crippen molar-refractivity contribution >= 4 is 22.4 Å². The van der Waals surface area contributed by atoms with Crippen molar-refractivity contribution in [1.29, 1.82) is 0 Å². The molecule has 2 aromatic rings. The molecule has 0 aliphatic carbocycles. The van der Waals surface area contributed by atoms with Gasteiger partial charge >= 0.3 is 0 Å². The van der Waals surface area contributed by atoms with Gasteiger partial charge in [0, 0.05) is 16.6 Å². The number of pyridine rings is 1. The van der Waals surface area contributed by atoms with Gasteiger partial charge in [0.25, 0.3) is 0 Å². The molecule has 1 aromatic heterocycles. The Labute approximate surface area is 81.1 Å². The summed E-state index contributed by atoms with van der Waals surface area (Å²) in [6.07, 6.45) is 1.72. The van der Waals surface area contributed by atoms with E-state index in [-0.39, 0.29) is 0 Å². The smallest absolute Gasteiger partial charge is 0.221 e. The minimum absolute atomic E-state index is 0.611. The molecular weight excluding hydrogens is 186 g/mol. The van der Waals surface area contributed by atoms with Gasteiger partial charge in [-0.1, -0.05) is 17.7 Å². The lowest BCUT2D eigenvalue weighted by Crippen LogP contribution is -1.87. The number of nitrogens with zero attached hydrogens (tertiary/aromatic N) is 1. The van der Waals surface area contributed by atoms with Crippen molar-refractivity contribution in [2.75, 3.05) is 7.11 Å². The maximum Gasteiger partial charge on any atom is 0.221 e. The van der Waals surface area contributed by atoms with E-state index in [0.717, 1.165) is 10.8 Å². The van der Waals surface area contributed by atoms with Gasteiger partial charge in [0.1, 0.15) is 0 Å². The molecule has 2 nitrogen and oxygen atoms in total. The third-order valence-electron chi connectivity index (χ3n) is 1.88. The lowest BCUT2D eigenvalue weighted by Gasteiger charge is -2.03. The van der Waals surface area contributed by atoms with Crippen LogP contribution in [0.4, 0.5) is 0 Å². The van der Waals surface area contributed by atoms with Crippen LogP contribution < -0.4 is 4.74 Å². The Bertz CT molecular complexity index is 442. The molecule has 0 atom stereocenters. The van der Waals surface area contributed by atoms with Crippen LogP contribution in [0.3, 0.4) is 0 Å². The standard InChI is InChI=1S/C10H8ClNO/c1-13-10-9-6-8(11)3-2-7(9)4-5-12-10/h2-6H,1H3. The minimum Gasteiger partial charge on any atom is -0.481 e. The first kappa shape index (κ1) is 8.32. The minimum atomic E-state index is 0.611. The second-order valence-corrected chi connectivity index (χ2v) is 3.12. The third-order valence-corrected chi connectivity index (χ3v) is 2.12. The summed E-state index contributed by atoms with van der Waals surface area (Å²) >= 11 is 5.86. The zero-order chi connectivity index (χ0) is 9.26. The average molecular weight is 194 g/mol. The fourth-order valence-corrected chi connectivity index (χ4v) is 1.45. The van der Waals surface area contributed by atoms with Gasteiger partial charge in [0.15, 0.2) is 0 Å². The number of fused-ring (bicyclic) bond motifs is 1. The zero-order valence-corrected chi connectivity index (χ0v) is 7.88. The predicted molar refractivity (Wildman–Crippen MR) is 53.3 cm³/mol. The third kappa shape index (κ3) is 1.45. The molecule has 3 heteroatoms. The molecule has 0 aliphatic rings. The van der Waals surface area contributed by atoms with E-state index in [9.17, 15) is 0 Å². The van der Waals surface area contributed by atoms with Gasteiger partial charge in [-0.2, -0.15) is 0 Å². The summed E-state index contributed by atoms with van der Waals surface area (Å²) in [6.45, 7) is 0. The summed E-state index contributed by atoms with van der Waals surface area (Å²) in [4.78, 5) is 4.09. The van der Waals surface area contributed by atoms with E-state index in [1.807, 2.05) is 24.3 Å². The van der Waals surface area contributed by atoms with E-state index >= 15 is 0 Å². The van der Waals surface area contributed by atoms with Crippen LogP contribution in [0.2, 0.25) is 5.02 Å². The Balaban J connectivity index is 2.79. The van der Waals surface area contributed by atoms with Gasteiger partial charge in [-0.25, -0.2) is 4.98 Å². The largest absolute Gasteiger partial charge is 0.481 e. The SMILES string of the molecule is COc1nccc2ccc(Cl)cc12. The van der Waals surface area contributed by atoms with E-state index in [0.29, 0.717) is 10.9 Å². The molecule has 2 rings (SSSR count). The van der Waals surface area contributed by atoms with Gasteiger partial charge < -0.3 is 4.74 Å². The fraction of sp³-hybridized carbons (Fsp3) is 0.100. The molecular formula is C10H8ClNO. The number of halogens is 1. The molecule has 0 bridgehead atoms. The monoisotopic (exact) mass is 193 g/mol. The van der Waals surface area contributed by atoms with Crippen LogP contribution in [0.15, 0.2) is 30.5 Å². The lowest BCUT2D eigenvalue weighted by atomic mass is 10.2. The van der Waals surface area contributed by atoms with E-state index in [1.54, 1.807) is 13.3 Å². The highest BCUT2D eigenvalue weighted by Gasteiger charge is 2.01. The number of hydrogen-bond acceptors (Lipinski definition) is 2. The summed E-state index contributed by atoms with van der Waals surface area (Å²) in [6, 6.07) is 7.57. The lowest BCUT2D eigenvalue weighted by molar-refractivity contribution is 0.403. The highest BCUT2D eigenvalue weighted by Crippen LogP contribution is 2.25. The summed E-state index contributed by atoms with van der Waals surface area (Å²) < 4.78 is 5.11. The first-order valence-electron chi connectivity index (χ1n) is 3.89. The number of benzene rings is 1. The van der Waals surface area contributed by atoms with Gasteiger partial charge in [0.2, 0.25) is 5.88 Å². The van der Waals surface area contributed by atoms with Crippen LogP contribution in [0.25, 0.3) is 10.8 Å². The van der Waals surface area contributed by atoms with Crippen molar-refractivity contribution in [3.05, 3.63) is 35.5 Å². The molecule has 66 valence electrons. The normalized spacial score (nSPS) is 10.3. The zero-order valence-electron chi connectivity index (χ0n) is 7.12. The van der Waals surface area contributed by atoms with E-state index < -0.39 is 0 Å². The van der Waals surface area contributed by atoms with Crippen molar-refractivity contribution in [3.63, 3.8) is 0 Å². The number of rotatable bonds is 1. The quantitative estimate of drug-likeness (QED) is 0.695. The molecule has 0 N–H and O–H groups in total. The summed E-state index contributed by atoms with van der Waals surface area (Å²) in [7, 11) is 1.60. The van der Waals surface area contributed by atoms with Gasteiger partial charge in [-0.05, 0) is 23.6 Å². The van der Waals surface area contributed by atoms with Crippen LogP contribution in [0.5, 0.6) is 5.88 Å². The Kier molecular flexibility index (Phi) is 2.07. The second kappa shape index (κ2) is 3.23. The number of methoxy groups -OCH3 is 1. The summed E-state index contributed by atoms with van der Waals surface area (Å²) in [5.74, 6) is 0.611. The van der Waals surface area contributed by atoms with Crippen molar-refractivity contribution in [2.45, 2.75) is 0 Å². The summed E-state index contributed by atoms with van der Waals surface area (Å²) in [5, 5.41) is 2.72. The van der Waals surface area contributed by atoms with E-state index in [1.165, 1.54) is 0 Å². The van der Waals surface area contributed by atoms with Crippen LogP contribution >= 0.6 is 11.6 Å². The molecule has 0 radical (unpaired) electrons. The highest BCUT2D eigenvalue weighted by atomic mass is 35.5. The molecule has 1 heterocycles. The highest BCUT2D eigenvalue weighted by molar-refractivity contribution is 6.31. The molecule has 0 aliphatic heterocycles. The Morgan fingerprint density at radius 2 is 2.15 bits per heavy atom. The fourth-order valence-electron chi connectivity index (χ4n) is 1.28. The topological polar surface area (TPSA) is 22.1 Å². The molecule has 1 aromatic carbocycles. The second-order valence-electron chi connectivity index (χ2n) is 2.69. The van der Waals surface area contributed by atoms with Crippen LogP contribution in [-0.4, -0.2) is 12.1 Å². The molecule has 0 amide bonds. The molecule has 0 saturated carbocycles. The van der Waals surface area contributed by atoms with Crippen molar-refractivity contribution in [2.24, 2.45) is 0 Å². The molecule has 13 heavy (non-hydrogen) atoms. The molecule has 0 unspecified atom stereocenters. The molecule has 0 saturated heterocycles. The van der Waals surface area contributed by atoms with Crippen LogP contribution in [0, 0.1) is 0 Å². The predicted octanol–water partition coefficient (Wildman–Crippen LogP) is 2.90. The Hall–Kier alpha value is -1.28. The molecule has 0 spiro atoms. The number of hydrogen-bond donors (Lipinski definition) is 0. The van der Waals surface area contributed by atoms with Crippen molar-refractivity contribution in [1.82, 2.24) is 4.98 Å². The number of ether oxygens (including phenoxy) is 1. The van der Waals surface area contributed by atoms with Gasteiger partial charge in [0.05, 0.1) is 7.11 Å². The molecule has 0 fully saturated rings. The van der Waals surface area contributed by atoms with E-state index in [2.05, 4.69) is 4.98 Å². The number of aromatic nitrogens is 1. The Morgan fingerprint density at radius 1 is 1.31 bits per heavy atom.